The number of hydrogen-bond acceptors (Lipinski definition) is 6. The quantitative estimate of drug-likeness (QED) is 0.466. The molecule has 1 aromatic rings. The zero-order valence-electron chi connectivity index (χ0n) is 16.7. The summed E-state index contributed by atoms with van der Waals surface area (Å²) >= 11 is 5.97. The summed E-state index contributed by atoms with van der Waals surface area (Å²) in [6, 6.07) is 4.32. The van der Waals surface area contributed by atoms with Gasteiger partial charge >= 0.3 is 18.0 Å². The van der Waals surface area contributed by atoms with Crippen LogP contribution in [0.3, 0.4) is 0 Å². The van der Waals surface area contributed by atoms with E-state index >= 15 is 0 Å². The molecule has 1 aromatic carbocycles. The van der Waals surface area contributed by atoms with Gasteiger partial charge in [-0.25, -0.2) is 9.59 Å². The summed E-state index contributed by atoms with van der Waals surface area (Å²) in [6.45, 7) is 5.54. The van der Waals surface area contributed by atoms with E-state index in [1.807, 2.05) is 13.0 Å². The van der Waals surface area contributed by atoms with Gasteiger partial charge in [0, 0.05) is 11.4 Å². The Morgan fingerprint density at radius 2 is 2.00 bits per heavy atom. The monoisotopic (exact) mass is 424 g/mol. The van der Waals surface area contributed by atoms with Crippen molar-refractivity contribution in [3.63, 3.8) is 0 Å². The van der Waals surface area contributed by atoms with Gasteiger partial charge in [0.2, 0.25) is 0 Å². The highest BCUT2D eigenvalue weighted by Crippen LogP contribution is 2.21. The lowest BCUT2D eigenvalue weighted by Gasteiger charge is -2.26. The molecule has 1 atom stereocenters. The lowest BCUT2D eigenvalue weighted by atomic mass is 10.0. The number of carbonyl (C=O) groups excluding carboxylic acids is 3. The molecule has 0 saturated heterocycles. The molecule has 0 aliphatic carbocycles. The van der Waals surface area contributed by atoms with E-state index < -0.39 is 24.0 Å². The van der Waals surface area contributed by atoms with Gasteiger partial charge in [0.1, 0.15) is 12.4 Å². The Labute approximate surface area is 174 Å². The molecule has 0 saturated carbocycles. The van der Waals surface area contributed by atoms with Gasteiger partial charge < -0.3 is 24.8 Å². The molecular weight excluding hydrogens is 400 g/mol. The van der Waals surface area contributed by atoms with Crippen molar-refractivity contribution in [1.82, 2.24) is 10.6 Å². The Hall–Kier alpha value is -2.74. The van der Waals surface area contributed by atoms with Gasteiger partial charge in [0.25, 0.3) is 0 Å². The van der Waals surface area contributed by atoms with Crippen LogP contribution < -0.4 is 15.4 Å². The number of amides is 2. The summed E-state index contributed by atoms with van der Waals surface area (Å²) < 4.78 is 15.8. The van der Waals surface area contributed by atoms with Crippen LogP contribution in [0.5, 0.6) is 5.75 Å². The Morgan fingerprint density at radius 3 is 2.69 bits per heavy atom. The molecule has 0 bridgehead atoms. The average Bonchev–Trinajstić information content (AvgIpc) is 2.66. The first-order valence-corrected chi connectivity index (χ1v) is 9.71. The van der Waals surface area contributed by atoms with E-state index in [1.54, 1.807) is 26.0 Å². The molecule has 0 fully saturated rings. The first-order chi connectivity index (χ1) is 13.8. The zero-order chi connectivity index (χ0) is 21.4. The summed E-state index contributed by atoms with van der Waals surface area (Å²) in [4.78, 5) is 35.8. The Bertz CT molecular complexity index is 808. The van der Waals surface area contributed by atoms with Gasteiger partial charge in [-0.05, 0) is 51.0 Å². The Kier molecular flexibility index (Phi) is 8.33. The molecule has 158 valence electrons. The van der Waals surface area contributed by atoms with Gasteiger partial charge in [-0.2, -0.15) is 0 Å². The molecule has 2 amide bonds. The molecule has 0 aromatic heterocycles. The summed E-state index contributed by atoms with van der Waals surface area (Å²) in [5, 5.41) is 5.75. The highest BCUT2D eigenvalue weighted by atomic mass is 35.5. The van der Waals surface area contributed by atoms with Crippen molar-refractivity contribution in [2.75, 3.05) is 19.8 Å². The normalized spacial score (nSPS) is 16.0. The molecule has 1 aliphatic rings. The van der Waals surface area contributed by atoms with Crippen LogP contribution in [-0.2, 0) is 19.1 Å². The predicted octanol–water partition coefficient (Wildman–Crippen LogP) is 2.87. The molecule has 1 heterocycles. The highest BCUT2D eigenvalue weighted by Gasteiger charge is 2.30. The lowest BCUT2D eigenvalue weighted by Crippen LogP contribution is -2.50. The number of nitrogens with one attached hydrogen (secondary N) is 2. The number of halogens is 1. The molecule has 0 radical (unpaired) electrons. The molecule has 0 spiro atoms. The van der Waals surface area contributed by atoms with Crippen molar-refractivity contribution in [2.45, 2.75) is 39.7 Å². The third-order valence-corrected chi connectivity index (χ3v) is 4.59. The number of benzene rings is 1. The minimum Gasteiger partial charge on any atom is -0.494 e. The summed E-state index contributed by atoms with van der Waals surface area (Å²) in [5.74, 6) is -0.349. The number of hydrogen-bond donors (Lipinski definition) is 2. The van der Waals surface area contributed by atoms with E-state index in [9.17, 15) is 14.4 Å². The number of rotatable bonds is 9. The fraction of sp³-hybridized carbons (Fsp3) is 0.450. The van der Waals surface area contributed by atoms with E-state index in [2.05, 4.69) is 10.6 Å². The topological polar surface area (TPSA) is 103 Å². The molecule has 0 unspecified atom stereocenters. The molecule has 2 rings (SSSR count). The predicted molar refractivity (Wildman–Crippen MR) is 107 cm³/mol. The fourth-order valence-corrected chi connectivity index (χ4v) is 2.85. The second kappa shape index (κ2) is 10.7. The van der Waals surface area contributed by atoms with Gasteiger partial charge in [0.05, 0.1) is 30.5 Å². The number of carbonyl (C=O) groups is 3. The lowest BCUT2D eigenvalue weighted by molar-refractivity contribution is -0.144. The van der Waals surface area contributed by atoms with Crippen molar-refractivity contribution in [2.24, 2.45) is 0 Å². The number of aryl methyl sites for hydroxylation is 1. The first-order valence-electron chi connectivity index (χ1n) is 9.34. The van der Waals surface area contributed by atoms with Gasteiger partial charge in [0.15, 0.2) is 0 Å². The summed E-state index contributed by atoms with van der Waals surface area (Å²) in [6.07, 6.45) is 0.588. The zero-order valence-corrected chi connectivity index (χ0v) is 17.4. The van der Waals surface area contributed by atoms with Crippen LogP contribution in [0.25, 0.3) is 0 Å². The summed E-state index contributed by atoms with van der Waals surface area (Å²) in [7, 11) is 0. The van der Waals surface area contributed by atoms with Crippen molar-refractivity contribution >= 4 is 29.6 Å². The van der Waals surface area contributed by atoms with Crippen LogP contribution in [0.4, 0.5) is 4.79 Å². The number of urea groups is 1. The molecule has 8 nitrogen and oxygen atoms in total. The van der Waals surface area contributed by atoms with Gasteiger partial charge in [-0.15, -0.1) is 0 Å². The number of esters is 2. The smallest absolute Gasteiger partial charge is 0.338 e. The van der Waals surface area contributed by atoms with Crippen molar-refractivity contribution in [3.8, 4) is 5.75 Å². The standard InChI is InChI=1S/C20H25ClN2O6/c1-4-27-19(25)18-13(3)22-20(26)23-16(18)11-29-17(24)6-5-9-28-14-7-8-15(21)12(2)10-14/h7-8,10,13H,4-6,9,11H2,1-3H3,(H2,22,23,26)/t13-/m0/s1. The van der Waals surface area contributed by atoms with E-state index in [0.717, 1.165) is 5.56 Å². The third-order valence-electron chi connectivity index (χ3n) is 4.17. The van der Waals surface area contributed by atoms with E-state index in [4.69, 9.17) is 25.8 Å². The van der Waals surface area contributed by atoms with Crippen LogP contribution in [0, 0.1) is 6.92 Å². The largest absolute Gasteiger partial charge is 0.494 e. The molecule has 9 heteroatoms. The highest BCUT2D eigenvalue weighted by molar-refractivity contribution is 6.31. The average molecular weight is 425 g/mol. The minimum absolute atomic E-state index is 0.135. The van der Waals surface area contributed by atoms with E-state index in [-0.39, 0.29) is 30.9 Å². The maximum absolute atomic E-state index is 12.1. The Balaban J connectivity index is 1.83. The van der Waals surface area contributed by atoms with E-state index in [0.29, 0.717) is 23.8 Å². The van der Waals surface area contributed by atoms with Crippen molar-refractivity contribution in [3.05, 3.63) is 40.1 Å². The minimum atomic E-state index is -0.565. The maximum atomic E-state index is 12.1. The molecule has 29 heavy (non-hydrogen) atoms. The van der Waals surface area contributed by atoms with Crippen LogP contribution in [-0.4, -0.2) is 43.8 Å². The molecule has 2 N–H and O–H groups in total. The second-order valence-corrected chi connectivity index (χ2v) is 6.86. The SMILES string of the molecule is CCOC(=O)C1=C(COC(=O)CCCOc2ccc(Cl)c(C)c2)NC(=O)N[C@H]1C. The van der Waals surface area contributed by atoms with Crippen LogP contribution >= 0.6 is 11.6 Å². The second-order valence-electron chi connectivity index (χ2n) is 6.46. The molecular formula is C20H25ClN2O6. The Morgan fingerprint density at radius 1 is 1.24 bits per heavy atom. The fourth-order valence-electron chi connectivity index (χ4n) is 2.73. The van der Waals surface area contributed by atoms with E-state index in [1.165, 1.54) is 0 Å². The number of ether oxygens (including phenoxy) is 3. The van der Waals surface area contributed by atoms with Crippen LogP contribution in [0.15, 0.2) is 29.5 Å². The van der Waals surface area contributed by atoms with Crippen molar-refractivity contribution in [1.29, 1.82) is 0 Å². The third kappa shape index (κ3) is 6.67. The molecule has 1 aliphatic heterocycles. The van der Waals surface area contributed by atoms with Crippen LogP contribution in [0.2, 0.25) is 5.02 Å². The van der Waals surface area contributed by atoms with Gasteiger partial charge in [-0.3, -0.25) is 4.79 Å². The first kappa shape index (κ1) is 22.5. The van der Waals surface area contributed by atoms with Crippen molar-refractivity contribution < 1.29 is 28.6 Å². The van der Waals surface area contributed by atoms with Crippen LogP contribution in [0.1, 0.15) is 32.3 Å². The summed E-state index contributed by atoms with van der Waals surface area (Å²) in [5.41, 5.74) is 1.37. The van der Waals surface area contributed by atoms with Gasteiger partial charge in [-0.1, -0.05) is 11.6 Å². The maximum Gasteiger partial charge on any atom is 0.338 e.